The summed E-state index contributed by atoms with van der Waals surface area (Å²) in [4.78, 5) is 11.8. The molecule has 0 bridgehead atoms. The van der Waals surface area contributed by atoms with Gasteiger partial charge in [-0.2, -0.15) is 0 Å². The van der Waals surface area contributed by atoms with E-state index in [1.54, 1.807) is 0 Å². The predicted molar refractivity (Wildman–Crippen MR) is 83.8 cm³/mol. The van der Waals surface area contributed by atoms with Gasteiger partial charge in [0.15, 0.2) is 0 Å². The van der Waals surface area contributed by atoms with Gasteiger partial charge in [0.2, 0.25) is 5.91 Å². The second-order valence-electron chi connectivity index (χ2n) is 4.94. The van der Waals surface area contributed by atoms with Gasteiger partial charge in [-0.3, -0.25) is 4.79 Å². The van der Waals surface area contributed by atoms with Gasteiger partial charge in [0.25, 0.3) is 0 Å². The minimum absolute atomic E-state index is 0.0881. The van der Waals surface area contributed by atoms with E-state index in [4.69, 9.17) is 0 Å². The van der Waals surface area contributed by atoms with Crippen molar-refractivity contribution in [3.05, 3.63) is 65.7 Å². The Morgan fingerprint density at radius 3 is 2.30 bits per heavy atom. The molecular formula is C18H21NO. The van der Waals surface area contributed by atoms with Gasteiger partial charge in [0.05, 0.1) is 0 Å². The van der Waals surface area contributed by atoms with Crippen LogP contribution in [0.3, 0.4) is 0 Å². The Morgan fingerprint density at radius 1 is 0.950 bits per heavy atom. The number of carbonyl (C=O) groups is 1. The Kier molecular flexibility index (Phi) is 5.36. The van der Waals surface area contributed by atoms with Crippen LogP contribution < -0.4 is 5.32 Å². The minimum Gasteiger partial charge on any atom is -0.326 e. The lowest BCUT2D eigenvalue weighted by molar-refractivity contribution is -0.116. The number of rotatable bonds is 6. The smallest absolute Gasteiger partial charge is 0.224 e. The standard InChI is InChI=1S/C18H21NO/c1-2-15-11-13-17(14-12-15)19-18(20)10-6-9-16-7-4-3-5-8-16/h3-5,7-8,11-14H,2,6,9-10H2,1H3,(H,19,20). The molecule has 2 aromatic carbocycles. The molecule has 0 aliphatic heterocycles. The quantitative estimate of drug-likeness (QED) is 0.834. The maximum atomic E-state index is 11.8. The zero-order valence-corrected chi connectivity index (χ0v) is 11.9. The molecule has 0 aliphatic rings. The lowest BCUT2D eigenvalue weighted by atomic mass is 10.1. The van der Waals surface area contributed by atoms with Crippen molar-refractivity contribution in [2.45, 2.75) is 32.6 Å². The Bertz CT molecular complexity index is 531. The van der Waals surface area contributed by atoms with E-state index in [0.717, 1.165) is 24.9 Å². The van der Waals surface area contributed by atoms with E-state index < -0.39 is 0 Å². The number of anilines is 1. The summed E-state index contributed by atoms with van der Waals surface area (Å²) in [6.45, 7) is 2.12. The zero-order valence-electron chi connectivity index (χ0n) is 11.9. The summed E-state index contributed by atoms with van der Waals surface area (Å²) < 4.78 is 0. The second kappa shape index (κ2) is 7.49. The fourth-order valence-corrected chi connectivity index (χ4v) is 2.15. The molecule has 0 fully saturated rings. The molecule has 0 aliphatic carbocycles. The van der Waals surface area contributed by atoms with E-state index >= 15 is 0 Å². The Morgan fingerprint density at radius 2 is 1.65 bits per heavy atom. The average Bonchev–Trinajstić information content (AvgIpc) is 2.49. The third-order valence-corrected chi connectivity index (χ3v) is 3.36. The summed E-state index contributed by atoms with van der Waals surface area (Å²) in [6.07, 6.45) is 3.40. The molecule has 0 heterocycles. The summed E-state index contributed by atoms with van der Waals surface area (Å²) in [7, 11) is 0. The molecule has 2 nitrogen and oxygen atoms in total. The Hall–Kier alpha value is -2.09. The third-order valence-electron chi connectivity index (χ3n) is 3.36. The predicted octanol–water partition coefficient (Wildman–Crippen LogP) is 4.21. The van der Waals surface area contributed by atoms with Gasteiger partial charge in [-0.15, -0.1) is 0 Å². The lowest BCUT2D eigenvalue weighted by Crippen LogP contribution is -2.11. The molecule has 2 rings (SSSR count). The second-order valence-corrected chi connectivity index (χ2v) is 4.94. The number of amides is 1. The van der Waals surface area contributed by atoms with Crippen molar-refractivity contribution >= 4 is 11.6 Å². The molecule has 2 heteroatoms. The highest BCUT2D eigenvalue weighted by Gasteiger charge is 2.02. The SMILES string of the molecule is CCc1ccc(NC(=O)CCCc2ccccc2)cc1. The van der Waals surface area contributed by atoms with Crippen LogP contribution in [-0.2, 0) is 17.6 Å². The molecule has 0 spiro atoms. The van der Waals surface area contributed by atoms with Gasteiger partial charge in [0.1, 0.15) is 0 Å². The summed E-state index contributed by atoms with van der Waals surface area (Å²) in [6, 6.07) is 18.3. The normalized spacial score (nSPS) is 10.2. The molecule has 2 aromatic rings. The summed E-state index contributed by atoms with van der Waals surface area (Å²) in [5.74, 6) is 0.0881. The van der Waals surface area contributed by atoms with Crippen molar-refractivity contribution < 1.29 is 4.79 Å². The Balaban J connectivity index is 1.74. The van der Waals surface area contributed by atoms with Gasteiger partial charge < -0.3 is 5.32 Å². The fraction of sp³-hybridized carbons (Fsp3) is 0.278. The van der Waals surface area contributed by atoms with Crippen LogP contribution in [0.1, 0.15) is 30.9 Å². The summed E-state index contributed by atoms with van der Waals surface area (Å²) in [5, 5.41) is 2.94. The molecule has 20 heavy (non-hydrogen) atoms. The average molecular weight is 267 g/mol. The molecule has 0 atom stereocenters. The van der Waals surface area contributed by atoms with Crippen LogP contribution in [0.25, 0.3) is 0 Å². The minimum atomic E-state index is 0.0881. The first kappa shape index (κ1) is 14.3. The number of aryl methyl sites for hydroxylation is 2. The van der Waals surface area contributed by atoms with Crippen LogP contribution in [-0.4, -0.2) is 5.91 Å². The molecule has 0 radical (unpaired) electrons. The van der Waals surface area contributed by atoms with Gasteiger partial charge in [-0.25, -0.2) is 0 Å². The van der Waals surface area contributed by atoms with Gasteiger partial charge >= 0.3 is 0 Å². The van der Waals surface area contributed by atoms with Crippen LogP contribution in [0.5, 0.6) is 0 Å². The molecular weight excluding hydrogens is 246 g/mol. The number of carbonyl (C=O) groups excluding carboxylic acids is 1. The maximum absolute atomic E-state index is 11.8. The summed E-state index contributed by atoms with van der Waals surface area (Å²) in [5.41, 5.74) is 3.45. The highest BCUT2D eigenvalue weighted by molar-refractivity contribution is 5.90. The molecule has 0 unspecified atom stereocenters. The largest absolute Gasteiger partial charge is 0.326 e. The van der Waals surface area contributed by atoms with E-state index in [-0.39, 0.29) is 5.91 Å². The van der Waals surface area contributed by atoms with E-state index in [1.807, 2.05) is 30.3 Å². The summed E-state index contributed by atoms with van der Waals surface area (Å²) >= 11 is 0. The maximum Gasteiger partial charge on any atom is 0.224 e. The molecule has 1 N–H and O–H groups in total. The first-order chi connectivity index (χ1) is 9.78. The molecule has 104 valence electrons. The van der Waals surface area contributed by atoms with Gasteiger partial charge in [0, 0.05) is 12.1 Å². The van der Waals surface area contributed by atoms with Crippen LogP contribution in [0.2, 0.25) is 0 Å². The monoisotopic (exact) mass is 267 g/mol. The number of hydrogen-bond donors (Lipinski definition) is 1. The zero-order chi connectivity index (χ0) is 14.2. The molecule has 0 saturated heterocycles. The van der Waals surface area contributed by atoms with Gasteiger partial charge in [-0.1, -0.05) is 49.4 Å². The lowest BCUT2D eigenvalue weighted by Gasteiger charge is -2.06. The van der Waals surface area contributed by atoms with Crippen molar-refractivity contribution in [2.75, 3.05) is 5.32 Å². The number of nitrogens with one attached hydrogen (secondary N) is 1. The molecule has 0 saturated carbocycles. The fourth-order valence-electron chi connectivity index (χ4n) is 2.15. The van der Waals surface area contributed by atoms with Crippen LogP contribution in [0.4, 0.5) is 5.69 Å². The molecule has 0 aromatic heterocycles. The highest BCUT2D eigenvalue weighted by atomic mass is 16.1. The van der Waals surface area contributed by atoms with Crippen LogP contribution in [0.15, 0.2) is 54.6 Å². The third kappa shape index (κ3) is 4.54. The van der Waals surface area contributed by atoms with Crippen molar-refractivity contribution in [3.63, 3.8) is 0 Å². The highest BCUT2D eigenvalue weighted by Crippen LogP contribution is 2.11. The number of hydrogen-bond acceptors (Lipinski definition) is 1. The first-order valence-corrected chi connectivity index (χ1v) is 7.20. The van der Waals surface area contributed by atoms with E-state index in [0.29, 0.717) is 6.42 Å². The molecule has 1 amide bonds. The van der Waals surface area contributed by atoms with Crippen LogP contribution in [0, 0.1) is 0 Å². The van der Waals surface area contributed by atoms with Crippen molar-refractivity contribution in [2.24, 2.45) is 0 Å². The topological polar surface area (TPSA) is 29.1 Å². The van der Waals surface area contributed by atoms with Crippen molar-refractivity contribution in [3.8, 4) is 0 Å². The van der Waals surface area contributed by atoms with Crippen LogP contribution >= 0.6 is 0 Å². The Labute approximate surface area is 120 Å². The van der Waals surface area contributed by atoms with Crippen molar-refractivity contribution in [1.29, 1.82) is 0 Å². The van der Waals surface area contributed by atoms with E-state index in [9.17, 15) is 4.79 Å². The number of benzene rings is 2. The van der Waals surface area contributed by atoms with E-state index in [2.05, 4.69) is 36.5 Å². The van der Waals surface area contributed by atoms with E-state index in [1.165, 1.54) is 11.1 Å². The first-order valence-electron chi connectivity index (χ1n) is 7.20. The van der Waals surface area contributed by atoms with Crippen molar-refractivity contribution in [1.82, 2.24) is 0 Å². The van der Waals surface area contributed by atoms with Gasteiger partial charge in [-0.05, 0) is 42.5 Å².